The van der Waals surface area contributed by atoms with E-state index in [1.165, 1.54) is 12.1 Å². The van der Waals surface area contributed by atoms with Crippen LogP contribution in [0.25, 0.3) is 33.4 Å². The lowest BCUT2D eigenvalue weighted by Gasteiger charge is -2.12. The van der Waals surface area contributed by atoms with Crippen molar-refractivity contribution < 1.29 is 8.78 Å². The number of benzene rings is 2. The molecule has 2 aromatic heterocycles. The Bertz CT molecular complexity index is 1100. The maximum absolute atomic E-state index is 15.2. The SMILES string of the molecule is CNc1nc(-c2cccnc2)nc2ccc(-c3cccc(F)c3)c(F)c12. The van der Waals surface area contributed by atoms with E-state index in [4.69, 9.17) is 0 Å². The van der Waals surface area contributed by atoms with Crippen LogP contribution in [0.5, 0.6) is 0 Å². The van der Waals surface area contributed by atoms with Gasteiger partial charge < -0.3 is 5.32 Å². The molecule has 6 heteroatoms. The van der Waals surface area contributed by atoms with Gasteiger partial charge in [-0.15, -0.1) is 0 Å². The van der Waals surface area contributed by atoms with E-state index in [1.807, 2.05) is 6.07 Å². The van der Waals surface area contributed by atoms with Crippen LogP contribution in [0.4, 0.5) is 14.6 Å². The summed E-state index contributed by atoms with van der Waals surface area (Å²) >= 11 is 0. The second-order valence-corrected chi connectivity index (χ2v) is 5.72. The lowest BCUT2D eigenvalue weighted by molar-refractivity contribution is 0.627. The number of fused-ring (bicyclic) bond motifs is 1. The van der Waals surface area contributed by atoms with Gasteiger partial charge in [0.15, 0.2) is 5.82 Å². The third kappa shape index (κ3) is 2.75. The van der Waals surface area contributed by atoms with Crippen LogP contribution in [0.3, 0.4) is 0 Å². The number of pyridine rings is 1. The lowest BCUT2D eigenvalue weighted by Crippen LogP contribution is -2.01. The summed E-state index contributed by atoms with van der Waals surface area (Å²) in [5.74, 6) is -0.0911. The Kier molecular flexibility index (Phi) is 4.01. The van der Waals surface area contributed by atoms with E-state index in [2.05, 4.69) is 20.3 Å². The number of halogens is 2. The van der Waals surface area contributed by atoms with Gasteiger partial charge in [-0.1, -0.05) is 12.1 Å². The van der Waals surface area contributed by atoms with Crippen molar-refractivity contribution in [3.05, 3.63) is 72.6 Å². The summed E-state index contributed by atoms with van der Waals surface area (Å²) in [4.78, 5) is 13.0. The maximum Gasteiger partial charge on any atom is 0.163 e. The summed E-state index contributed by atoms with van der Waals surface area (Å²) in [7, 11) is 1.67. The molecule has 1 N–H and O–H groups in total. The maximum atomic E-state index is 15.2. The van der Waals surface area contributed by atoms with Crippen LogP contribution in [0.15, 0.2) is 60.9 Å². The molecule has 0 aliphatic heterocycles. The Morgan fingerprint density at radius 1 is 0.923 bits per heavy atom. The number of nitrogens with one attached hydrogen (secondary N) is 1. The number of rotatable bonds is 3. The predicted octanol–water partition coefficient (Wildman–Crippen LogP) is 4.68. The summed E-state index contributed by atoms with van der Waals surface area (Å²) in [6, 6.07) is 12.8. The van der Waals surface area contributed by atoms with E-state index in [-0.39, 0.29) is 5.39 Å². The Morgan fingerprint density at radius 2 is 1.77 bits per heavy atom. The highest BCUT2D eigenvalue weighted by Crippen LogP contribution is 2.33. The topological polar surface area (TPSA) is 50.7 Å². The van der Waals surface area contributed by atoms with Gasteiger partial charge in [-0.2, -0.15) is 0 Å². The van der Waals surface area contributed by atoms with Crippen LogP contribution < -0.4 is 5.32 Å². The van der Waals surface area contributed by atoms with Crippen LogP contribution >= 0.6 is 0 Å². The number of nitrogens with zero attached hydrogens (tertiary/aromatic N) is 3. The predicted molar refractivity (Wildman–Crippen MR) is 97.7 cm³/mol. The average Bonchev–Trinajstić information content (AvgIpc) is 2.68. The number of aromatic nitrogens is 3. The fourth-order valence-electron chi connectivity index (χ4n) is 2.87. The summed E-state index contributed by atoms with van der Waals surface area (Å²) in [6.07, 6.45) is 3.31. The summed E-state index contributed by atoms with van der Waals surface area (Å²) in [5, 5.41) is 3.19. The highest BCUT2D eigenvalue weighted by molar-refractivity contribution is 5.94. The van der Waals surface area contributed by atoms with Crippen LogP contribution in [0.1, 0.15) is 0 Å². The zero-order valence-corrected chi connectivity index (χ0v) is 13.9. The van der Waals surface area contributed by atoms with Crippen molar-refractivity contribution >= 4 is 16.7 Å². The number of hydrogen-bond donors (Lipinski definition) is 1. The molecule has 0 aliphatic carbocycles. The normalized spacial score (nSPS) is 10.9. The molecule has 0 radical (unpaired) electrons. The first kappa shape index (κ1) is 16.1. The van der Waals surface area contributed by atoms with E-state index < -0.39 is 11.6 Å². The first-order chi connectivity index (χ1) is 12.7. The number of hydrogen-bond acceptors (Lipinski definition) is 4. The molecule has 2 heterocycles. The molecule has 0 amide bonds. The van der Waals surface area contributed by atoms with Gasteiger partial charge in [-0.05, 0) is 42.0 Å². The first-order valence-corrected chi connectivity index (χ1v) is 8.01. The largest absolute Gasteiger partial charge is 0.372 e. The van der Waals surface area contributed by atoms with Gasteiger partial charge in [0.25, 0.3) is 0 Å². The molecule has 0 unspecified atom stereocenters. The van der Waals surface area contributed by atoms with Crippen molar-refractivity contribution in [1.29, 1.82) is 0 Å². The fraction of sp³-hybridized carbons (Fsp3) is 0.0500. The van der Waals surface area contributed by atoms with Crippen LogP contribution in [-0.2, 0) is 0 Å². The van der Waals surface area contributed by atoms with E-state index in [1.54, 1.807) is 49.8 Å². The Balaban J connectivity index is 1.95. The van der Waals surface area contributed by atoms with Gasteiger partial charge in [-0.3, -0.25) is 4.98 Å². The molecule has 0 fully saturated rings. The van der Waals surface area contributed by atoms with Gasteiger partial charge in [0.05, 0.1) is 10.9 Å². The zero-order valence-electron chi connectivity index (χ0n) is 13.9. The van der Waals surface area contributed by atoms with Crippen LogP contribution in [0.2, 0.25) is 0 Å². The van der Waals surface area contributed by atoms with E-state index in [0.29, 0.717) is 28.3 Å². The van der Waals surface area contributed by atoms with Crippen molar-refractivity contribution in [3.8, 4) is 22.5 Å². The van der Waals surface area contributed by atoms with Gasteiger partial charge in [0.2, 0.25) is 0 Å². The Labute approximate surface area is 148 Å². The molecule has 0 saturated heterocycles. The lowest BCUT2D eigenvalue weighted by atomic mass is 10.0. The Hall–Kier alpha value is -3.41. The molecular formula is C20H14F2N4. The summed E-state index contributed by atoms with van der Waals surface area (Å²) in [5.41, 5.74) is 1.95. The van der Waals surface area contributed by atoms with Crippen molar-refractivity contribution in [2.45, 2.75) is 0 Å². The molecule has 128 valence electrons. The summed E-state index contributed by atoms with van der Waals surface area (Å²) < 4.78 is 28.7. The molecule has 0 spiro atoms. The highest BCUT2D eigenvalue weighted by atomic mass is 19.1. The molecule has 0 atom stereocenters. The molecule has 2 aromatic carbocycles. The minimum atomic E-state index is -0.491. The van der Waals surface area contributed by atoms with Gasteiger partial charge >= 0.3 is 0 Å². The van der Waals surface area contributed by atoms with E-state index >= 15 is 4.39 Å². The van der Waals surface area contributed by atoms with Gasteiger partial charge in [-0.25, -0.2) is 18.7 Å². The molecule has 4 nitrogen and oxygen atoms in total. The summed E-state index contributed by atoms with van der Waals surface area (Å²) in [6.45, 7) is 0. The van der Waals surface area contributed by atoms with E-state index in [0.717, 1.165) is 5.56 Å². The molecule has 0 aliphatic rings. The zero-order chi connectivity index (χ0) is 18.1. The van der Waals surface area contributed by atoms with Gasteiger partial charge in [0.1, 0.15) is 17.5 Å². The third-order valence-electron chi connectivity index (χ3n) is 4.09. The Morgan fingerprint density at radius 3 is 2.50 bits per heavy atom. The second kappa shape index (κ2) is 6.48. The van der Waals surface area contributed by atoms with Gasteiger partial charge in [0, 0.05) is 30.6 Å². The van der Waals surface area contributed by atoms with Crippen molar-refractivity contribution in [2.24, 2.45) is 0 Å². The van der Waals surface area contributed by atoms with Crippen LogP contribution in [-0.4, -0.2) is 22.0 Å². The minimum Gasteiger partial charge on any atom is -0.372 e. The fourth-order valence-corrected chi connectivity index (χ4v) is 2.87. The molecular weight excluding hydrogens is 334 g/mol. The van der Waals surface area contributed by atoms with Crippen molar-refractivity contribution in [1.82, 2.24) is 15.0 Å². The number of anilines is 1. The molecule has 4 aromatic rings. The van der Waals surface area contributed by atoms with Crippen molar-refractivity contribution in [2.75, 3.05) is 12.4 Å². The second-order valence-electron chi connectivity index (χ2n) is 5.72. The first-order valence-electron chi connectivity index (χ1n) is 8.01. The quantitative estimate of drug-likeness (QED) is 0.584. The van der Waals surface area contributed by atoms with Crippen LogP contribution in [0, 0.1) is 11.6 Å². The van der Waals surface area contributed by atoms with E-state index in [9.17, 15) is 4.39 Å². The molecule has 0 saturated carbocycles. The minimum absolute atomic E-state index is 0.266. The smallest absolute Gasteiger partial charge is 0.163 e. The molecule has 26 heavy (non-hydrogen) atoms. The third-order valence-corrected chi connectivity index (χ3v) is 4.09. The standard InChI is InChI=1S/C20H14F2N4/c1-23-20-17-16(25-19(26-20)13-5-3-9-24-11-13)8-7-15(18(17)22)12-4-2-6-14(21)10-12/h2-11H,1H3,(H,23,25,26). The molecule has 4 rings (SSSR count). The molecule has 0 bridgehead atoms. The average molecular weight is 348 g/mol. The monoisotopic (exact) mass is 348 g/mol. The van der Waals surface area contributed by atoms with Crippen molar-refractivity contribution in [3.63, 3.8) is 0 Å². The highest BCUT2D eigenvalue weighted by Gasteiger charge is 2.16.